The van der Waals surface area contributed by atoms with Crippen molar-refractivity contribution in [3.05, 3.63) is 68.7 Å². The van der Waals surface area contributed by atoms with Gasteiger partial charge in [-0.15, -0.1) is 22.0 Å². The molecule has 0 spiro atoms. The van der Waals surface area contributed by atoms with Crippen LogP contribution < -0.4 is 10.1 Å². The van der Waals surface area contributed by atoms with E-state index in [0.29, 0.717) is 28.6 Å². The molecule has 1 aromatic carbocycles. The molecule has 192 valence electrons. The predicted molar refractivity (Wildman–Crippen MR) is 142 cm³/mol. The summed E-state index contributed by atoms with van der Waals surface area (Å²) < 4.78 is 12.8. The molecule has 2 atom stereocenters. The van der Waals surface area contributed by atoms with Gasteiger partial charge in [0, 0.05) is 11.5 Å². The zero-order chi connectivity index (χ0) is 26.1. The molecule has 1 fully saturated rings. The van der Waals surface area contributed by atoms with Crippen molar-refractivity contribution in [2.24, 2.45) is 0 Å². The Hall–Kier alpha value is -2.81. The van der Waals surface area contributed by atoms with Gasteiger partial charge in [0.2, 0.25) is 0 Å². The van der Waals surface area contributed by atoms with Gasteiger partial charge in [-0.25, -0.2) is 4.79 Å². The number of para-hydroxylation sites is 1. The minimum absolute atomic E-state index is 0.0301. The van der Waals surface area contributed by atoms with E-state index in [2.05, 4.69) is 31.4 Å². The molecular formula is C23H19BrN4O6S3. The Bertz CT molecular complexity index is 1410. The Morgan fingerprint density at radius 3 is 2.84 bits per heavy atom. The summed E-state index contributed by atoms with van der Waals surface area (Å²) in [5.74, 6) is -0.278. The maximum Gasteiger partial charge on any atom is 0.352 e. The van der Waals surface area contributed by atoms with Crippen LogP contribution in [0, 0.1) is 6.92 Å². The van der Waals surface area contributed by atoms with Gasteiger partial charge in [-0.2, -0.15) is 0 Å². The number of aliphatic carboxylic acids is 1. The molecule has 3 aromatic rings. The minimum atomic E-state index is -1.17. The van der Waals surface area contributed by atoms with E-state index in [0.717, 1.165) is 13.8 Å². The van der Waals surface area contributed by atoms with Gasteiger partial charge in [0.25, 0.3) is 11.8 Å². The molecule has 0 aliphatic carbocycles. The van der Waals surface area contributed by atoms with E-state index < -0.39 is 29.2 Å². The first-order valence-electron chi connectivity index (χ1n) is 10.9. The van der Waals surface area contributed by atoms with Crippen LogP contribution in [0.2, 0.25) is 0 Å². The maximum absolute atomic E-state index is 12.9. The Kier molecular flexibility index (Phi) is 7.60. The molecule has 0 unspecified atom stereocenters. The maximum atomic E-state index is 12.9. The number of furan rings is 1. The van der Waals surface area contributed by atoms with Crippen LogP contribution in [0.3, 0.4) is 0 Å². The zero-order valence-electron chi connectivity index (χ0n) is 19.2. The standard InChI is InChI=1S/C23H19BrN4O6S3/c1-11-26-27-23(37-11)36-10-12-9-35-21-17(20(30)28(21)18(12)22(31)32)25-19(29)16-7-6-13(34-16)8-33-15-5-3-2-4-14(15)24/h2-7,17,21H,8-10H2,1H3,(H,25,29)(H,31,32)/t17-,21+/m1/s1. The van der Waals surface area contributed by atoms with Crippen LogP contribution in [0.1, 0.15) is 21.3 Å². The van der Waals surface area contributed by atoms with Gasteiger partial charge in [0.05, 0.1) is 4.47 Å². The average Bonchev–Trinajstić information content (AvgIpc) is 3.53. The van der Waals surface area contributed by atoms with Gasteiger partial charge in [-0.3, -0.25) is 14.5 Å². The van der Waals surface area contributed by atoms with Crippen molar-refractivity contribution in [2.75, 3.05) is 11.5 Å². The van der Waals surface area contributed by atoms with E-state index in [4.69, 9.17) is 9.15 Å². The lowest BCUT2D eigenvalue weighted by Gasteiger charge is -2.49. The number of ether oxygens (including phenoxy) is 1. The van der Waals surface area contributed by atoms with Crippen LogP contribution in [0.4, 0.5) is 0 Å². The number of nitrogens with one attached hydrogen (secondary N) is 1. The Morgan fingerprint density at radius 2 is 2.11 bits per heavy atom. The van der Waals surface area contributed by atoms with E-state index in [1.165, 1.54) is 45.8 Å². The second-order valence-corrected chi connectivity index (χ2v) is 12.3. The molecule has 1 saturated heterocycles. The molecule has 0 saturated carbocycles. The Balaban J connectivity index is 1.21. The number of carbonyl (C=O) groups is 3. The van der Waals surface area contributed by atoms with Gasteiger partial charge in [0.1, 0.15) is 40.2 Å². The quantitative estimate of drug-likeness (QED) is 0.267. The molecule has 10 nitrogen and oxygen atoms in total. The third-order valence-electron chi connectivity index (χ3n) is 5.51. The molecule has 2 amide bonds. The van der Waals surface area contributed by atoms with Crippen molar-refractivity contribution in [2.45, 2.75) is 29.3 Å². The molecule has 0 bridgehead atoms. The highest BCUT2D eigenvalue weighted by Gasteiger charge is 2.54. The Morgan fingerprint density at radius 1 is 1.30 bits per heavy atom. The molecule has 5 rings (SSSR count). The summed E-state index contributed by atoms with van der Waals surface area (Å²) in [6.07, 6.45) is 0. The topological polar surface area (TPSA) is 135 Å². The summed E-state index contributed by atoms with van der Waals surface area (Å²) in [5.41, 5.74) is 0.600. The Labute approximate surface area is 232 Å². The number of nitrogens with zero attached hydrogens (tertiary/aromatic N) is 3. The van der Waals surface area contributed by atoms with Crippen LogP contribution in [0.15, 0.2) is 60.9 Å². The highest BCUT2D eigenvalue weighted by Crippen LogP contribution is 2.42. The highest BCUT2D eigenvalue weighted by molar-refractivity contribution is 9.10. The van der Waals surface area contributed by atoms with Gasteiger partial charge in [-0.1, -0.05) is 35.2 Å². The van der Waals surface area contributed by atoms with E-state index in [1.54, 1.807) is 12.1 Å². The summed E-state index contributed by atoms with van der Waals surface area (Å²) in [6, 6.07) is 9.66. The first-order chi connectivity index (χ1) is 17.8. The summed E-state index contributed by atoms with van der Waals surface area (Å²) >= 11 is 7.64. The van der Waals surface area contributed by atoms with Gasteiger partial charge >= 0.3 is 5.97 Å². The summed E-state index contributed by atoms with van der Waals surface area (Å²) in [7, 11) is 0. The number of hydrogen-bond acceptors (Lipinski definition) is 10. The normalized spacial score (nSPS) is 18.9. The van der Waals surface area contributed by atoms with E-state index in [9.17, 15) is 19.5 Å². The number of hydrogen-bond donors (Lipinski definition) is 2. The number of aryl methyl sites for hydroxylation is 1. The number of aromatic nitrogens is 2. The van der Waals surface area contributed by atoms with Crippen molar-refractivity contribution in [1.29, 1.82) is 0 Å². The summed E-state index contributed by atoms with van der Waals surface area (Å²) in [6.45, 7) is 1.97. The third-order valence-corrected chi connectivity index (χ3v) is 9.56. The fourth-order valence-corrected chi connectivity index (χ4v) is 7.48. The van der Waals surface area contributed by atoms with Crippen LogP contribution in [-0.2, 0) is 16.2 Å². The predicted octanol–water partition coefficient (Wildman–Crippen LogP) is 3.93. The number of rotatable bonds is 9. The number of halogens is 1. The van der Waals surface area contributed by atoms with Crippen molar-refractivity contribution in [1.82, 2.24) is 20.4 Å². The third kappa shape index (κ3) is 5.42. The molecular weight excluding hydrogens is 604 g/mol. The largest absolute Gasteiger partial charge is 0.484 e. The minimum Gasteiger partial charge on any atom is -0.484 e. The van der Waals surface area contributed by atoms with E-state index in [-0.39, 0.29) is 18.1 Å². The monoisotopic (exact) mass is 622 g/mol. The molecule has 2 aliphatic rings. The smallest absolute Gasteiger partial charge is 0.352 e. The van der Waals surface area contributed by atoms with Crippen molar-refractivity contribution >= 4 is 68.6 Å². The van der Waals surface area contributed by atoms with Crippen molar-refractivity contribution in [3.8, 4) is 5.75 Å². The number of carbonyl (C=O) groups excluding carboxylic acids is 2. The molecule has 2 N–H and O–H groups in total. The number of fused-ring (bicyclic) bond motifs is 1. The first kappa shape index (κ1) is 25.8. The van der Waals surface area contributed by atoms with E-state index >= 15 is 0 Å². The molecule has 2 aliphatic heterocycles. The number of β-lactam (4-membered cyclic amide) rings is 1. The zero-order valence-corrected chi connectivity index (χ0v) is 23.2. The second kappa shape index (κ2) is 10.9. The van der Waals surface area contributed by atoms with Crippen LogP contribution in [0.25, 0.3) is 0 Å². The summed E-state index contributed by atoms with van der Waals surface area (Å²) in [5, 5.41) is 20.8. The lowest BCUT2D eigenvalue weighted by Crippen LogP contribution is -2.70. The number of amides is 2. The lowest BCUT2D eigenvalue weighted by molar-refractivity contribution is -0.148. The fraction of sp³-hybridized carbons (Fsp3) is 0.261. The van der Waals surface area contributed by atoms with Gasteiger partial charge < -0.3 is 19.6 Å². The average molecular weight is 624 g/mol. The molecule has 37 heavy (non-hydrogen) atoms. The SMILES string of the molecule is Cc1nnc(SCC2=C(C(=O)O)N3C(=O)[C@@H](NC(=O)c4ccc(COc5ccccc5Br)o4)[C@@H]3SC2)s1. The van der Waals surface area contributed by atoms with Gasteiger partial charge in [-0.05, 0) is 52.7 Å². The summed E-state index contributed by atoms with van der Waals surface area (Å²) in [4.78, 5) is 39.0. The number of benzene rings is 1. The van der Waals surface area contributed by atoms with Crippen LogP contribution >= 0.6 is 50.8 Å². The number of thioether (sulfide) groups is 2. The van der Waals surface area contributed by atoms with E-state index in [1.807, 2.05) is 25.1 Å². The van der Waals surface area contributed by atoms with Gasteiger partial charge in [0.15, 0.2) is 10.1 Å². The van der Waals surface area contributed by atoms with Crippen molar-refractivity contribution in [3.63, 3.8) is 0 Å². The second-order valence-electron chi connectivity index (χ2n) is 7.98. The lowest BCUT2D eigenvalue weighted by atomic mass is 10.0. The van der Waals surface area contributed by atoms with Crippen molar-refractivity contribution < 1.29 is 28.6 Å². The number of carboxylic acid groups (broad SMARTS) is 1. The van der Waals surface area contributed by atoms with Crippen LogP contribution in [0.5, 0.6) is 5.75 Å². The molecule has 4 heterocycles. The fourth-order valence-electron chi connectivity index (χ4n) is 3.78. The number of carboxylic acids is 1. The highest BCUT2D eigenvalue weighted by atomic mass is 79.9. The first-order valence-corrected chi connectivity index (χ1v) is 14.6. The molecule has 2 aromatic heterocycles. The van der Waals surface area contributed by atoms with Crippen LogP contribution in [-0.4, -0.2) is 60.9 Å². The molecule has 0 radical (unpaired) electrons. The molecule has 14 heteroatoms.